The molecule has 2 fully saturated rings. The Bertz CT molecular complexity index is 494. The molecular formula is C17H25FN2O. The summed E-state index contributed by atoms with van der Waals surface area (Å²) in [6, 6.07) is 4.85. The van der Waals surface area contributed by atoms with Gasteiger partial charge in [-0.1, -0.05) is 18.9 Å². The molecule has 4 heteroatoms. The van der Waals surface area contributed by atoms with Crippen molar-refractivity contribution in [1.82, 2.24) is 4.90 Å². The lowest BCUT2D eigenvalue weighted by Gasteiger charge is -2.47. The van der Waals surface area contributed by atoms with E-state index in [0.29, 0.717) is 0 Å². The first kappa shape index (κ1) is 14.9. The summed E-state index contributed by atoms with van der Waals surface area (Å²) in [5.74, 6) is -0.193. The van der Waals surface area contributed by atoms with E-state index in [1.54, 1.807) is 6.07 Å². The Kier molecular flexibility index (Phi) is 4.29. The van der Waals surface area contributed by atoms with E-state index in [1.807, 2.05) is 13.0 Å². The van der Waals surface area contributed by atoms with Crippen LogP contribution in [0, 0.1) is 12.7 Å². The Balaban J connectivity index is 1.94. The molecule has 3 nitrogen and oxygen atoms in total. The van der Waals surface area contributed by atoms with Crippen molar-refractivity contribution < 1.29 is 9.13 Å². The van der Waals surface area contributed by atoms with Crippen molar-refractivity contribution in [2.45, 2.75) is 44.2 Å². The summed E-state index contributed by atoms with van der Waals surface area (Å²) in [6.45, 7) is 5.44. The molecule has 1 aromatic rings. The lowest BCUT2D eigenvalue weighted by Crippen LogP contribution is -2.57. The highest BCUT2D eigenvalue weighted by Gasteiger charge is 2.45. The van der Waals surface area contributed by atoms with Gasteiger partial charge in [0.15, 0.2) is 0 Å². The van der Waals surface area contributed by atoms with Crippen LogP contribution in [0.15, 0.2) is 18.2 Å². The smallest absolute Gasteiger partial charge is 0.123 e. The molecule has 0 spiro atoms. The minimum Gasteiger partial charge on any atom is -0.379 e. The number of aryl methyl sites for hydroxylation is 1. The summed E-state index contributed by atoms with van der Waals surface area (Å²) in [5, 5.41) is 0. The predicted octanol–water partition coefficient (Wildman–Crippen LogP) is 2.78. The molecule has 0 aromatic heterocycles. The van der Waals surface area contributed by atoms with Crippen LogP contribution in [0.3, 0.4) is 0 Å². The fraction of sp³-hybridized carbons (Fsp3) is 0.647. The Labute approximate surface area is 126 Å². The van der Waals surface area contributed by atoms with Gasteiger partial charge in [0.2, 0.25) is 0 Å². The maximum Gasteiger partial charge on any atom is 0.123 e. The van der Waals surface area contributed by atoms with Crippen LogP contribution in [0.1, 0.15) is 42.9 Å². The van der Waals surface area contributed by atoms with Crippen molar-refractivity contribution in [3.8, 4) is 0 Å². The van der Waals surface area contributed by atoms with Crippen molar-refractivity contribution in [3.63, 3.8) is 0 Å². The van der Waals surface area contributed by atoms with Gasteiger partial charge < -0.3 is 10.5 Å². The summed E-state index contributed by atoms with van der Waals surface area (Å²) in [5.41, 5.74) is 8.71. The molecule has 21 heavy (non-hydrogen) atoms. The van der Waals surface area contributed by atoms with Crippen molar-refractivity contribution in [3.05, 3.63) is 35.1 Å². The van der Waals surface area contributed by atoms with Crippen LogP contribution in [-0.4, -0.2) is 36.7 Å². The van der Waals surface area contributed by atoms with Crippen LogP contribution in [0.4, 0.5) is 4.39 Å². The van der Waals surface area contributed by atoms with Crippen LogP contribution in [-0.2, 0) is 4.74 Å². The summed E-state index contributed by atoms with van der Waals surface area (Å²) in [7, 11) is 0. The van der Waals surface area contributed by atoms with Gasteiger partial charge >= 0.3 is 0 Å². The molecule has 2 aliphatic rings. The molecule has 0 radical (unpaired) electrons. The van der Waals surface area contributed by atoms with Gasteiger partial charge in [-0.15, -0.1) is 0 Å². The van der Waals surface area contributed by atoms with Gasteiger partial charge in [0.25, 0.3) is 0 Å². The number of morpholine rings is 1. The first-order valence-electron chi connectivity index (χ1n) is 7.98. The highest BCUT2D eigenvalue weighted by Crippen LogP contribution is 2.44. The highest BCUT2D eigenvalue weighted by molar-refractivity contribution is 5.32. The third kappa shape index (κ3) is 2.72. The topological polar surface area (TPSA) is 38.5 Å². The van der Waals surface area contributed by atoms with Crippen molar-refractivity contribution >= 4 is 0 Å². The molecule has 1 heterocycles. The third-order valence-electron chi connectivity index (χ3n) is 5.27. The second-order valence-corrected chi connectivity index (χ2v) is 6.39. The van der Waals surface area contributed by atoms with Crippen LogP contribution < -0.4 is 5.73 Å². The summed E-state index contributed by atoms with van der Waals surface area (Å²) in [4.78, 5) is 2.50. The second-order valence-electron chi connectivity index (χ2n) is 6.39. The highest BCUT2D eigenvalue weighted by atomic mass is 19.1. The molecule has 3 rings (SSSR count). The number of hydrogen-bond acceptors (Lipinski definition) is 3. The molecule has 1 atom stereocenters. The monoisotopic (exact) mass is 292 g/mol. The standard InChI is InChI=1S/C17H25FN2O/c1-13-4-5-14(18)12-15(13)16(19)17(6-2-3-7-17)20-8-10-21-11-9-20/h4-5,12,16H,2-3,6-11,19H2,1H3. The number of nitrogens with zero attached hydrogens (tertiary/aromatic N) is 1. The van der Waals surface area contributed by atoms with E-state index in [0.717, 1.165) is 50.3 Å². The van der Waals surface area contributed by atoms with Crippen molar-refractivity contribution in [2.24, 2.45) is 5.73 Å². The summed E-state index contributed by atoms with van der Waals surface area (Å²) in [6.07, 6.45) is 4.62. The average Bonchev–Trinajstić information content (AvgIpc) is 3.01. The van der Waals surface area contributed by atoms with Crippen LogP contribution in [0.5, 0.6) is 0 Å². The SMILES string of the molecule is Cc1ccc(F)cc1C(N)C1(N2CCOCC2)CCCC1. The largest absolute Gasteiger partial charge is 0.379 e. The zero-order valence-corrected chi connectivity index (χ0v) is 12.8. The maximum atomic E-state index is 13.7. The fourth-order valence-corrected chi connectivity index (χ4v) is 4.06. The Morgan fingerprint density at radius 3 is 2.57 bits per heavy atom. The average molecular weight is 292 g/mol. The number of benzene rings is 1. The van der Waals surface area contributed by atoms with E-state index in [-0.39, 0.29) is 17.4 Å². The molecule has 0 amide bonds. The zero-order valence-electron chi connectivity index (χ0n) is 12.8. The Morgan fingerprint density at radius 1 is 1.24 bits per heavy atom. The third-order valence-corrected chi connectivity index (χ3v) is 5.27. The van der Waals surface area contributed by atoms with Gasteiger partial charge in [-0.05, 0) is 43.0 Å². The number of rotatable bonds is 3. The van der Waals surface area contributed by atoms with Gasteiger partial charge in [-0.25, -0.2) is 4.39 Å². The van der Waals surface area contributed by atoms with Gasteiger partial charge in [-0.3, -0.25) is 4.90 Å². The van der Waals surface area contributed by atoms with E-state index < -0.39 is 0 Å². The molecule has 116 valence electrons. The quantitative estimate of drug-likeness (QED) is 0.931. The van der Waals surface area contributed by atoms with E-state index in [1.165, 1.54) is 18.9 Å². The Hall–Kier alpha value is -0.970. The fourth-order valence-electron chi connectivity index (χ4n) is 4.06. The molecular weight excluding hydrogens is 267 g/mol. The molecule has 2 N–H and O–H groups in total. The van der Waals surface area contributed by atoms with Crippen LogP contribution >= 0.6 is 0 Å². The van der Waals surface area contributed by atoms with Crippen LogP contribution in [0.25, 0.3) is 0 Å². The molecule has 1 saturated heterocycles. The van der Waals surface area contributed by atoms with Crippen LogP contribution in [0.2, 0.25) is 0 Å². The molecule has 1 saturated carbocycles. The summed E-state index contributed by atoms with van der Waals surface area (Å²) < 4.78 is 19.2. The molecule has 1 unspecified atom stereocenters. The number of nitrogens with two attached hydrogens (primary N) is 1. The van der Waals surface area contributed by atoms with E-state index in [4.69, 9.17) is 10.5 Å². The summed E-state index contributed by atoms with van der Waals surface area (Å²) >= 11 is 0. The van der Waals surface area contributed by atoms with E-state index in [9.17, 15) is 4.39 Å². The van der Waals surface area contributed by atoms with E-state index >= 15 is 0 Å². The minimum absolute atomic E-state index is 0.0255. The number of ether oxygens (including phenoxy) is 1. The van der Waals surface area contributed by atoms with Gasteiger partial charge in [0.05, 0.1) is 13.2 Å². The first-order valence-corrected chi connectivity index (χ1v) is 7.98. The Morgan fingerprint density at radius 2 is 1.90 bits per heavy atom. The zero-order chi connectivity index (χ0) is 14.9. The predicted molar refractivity (Wildman–Crippen MR) is 81.7 cm³/mol. The first-order chi connectivity index (χ1) is 10.1. The maximum absolute atomic E-state index is 13.7. The number of hydrogen-bond donors (Lipinski definition) is 1. The van der Waals surface area contributed by atoms with Crippen molar-refractivity contribution in [1.29, 1.82) is 0 Å². The van der Waals surface area contributed by atoms with Crippen molar-refractivity contribution in [2.75, 3.05) is 26.3 Å². The normalized spacial score (nSPS) is 24.1. The lowest BCUT2D eigenvalue weighted by atomic mass is 9.80. The van der Waals surface area contributed by atoms with Gasteiger partial charge in [0, 0.05) is 24.7 Å². The lowest BCUT2D eigenvalue weighted by molar-refractivity contribution is -0.0312. The van der Waals surface area contributed by atoms with E-state index in [2.05, 4.69) is 4.90 Å². The minimum atomic E-state index is -0.193. The molecule has 0 bridgehead atoms. The van der Waals surface area contributed by atoms with Gasteiger partial charge in [0.1, 0.15) is 5.82 Å². The molecule has 1 aliphatic heterocycles. The number of halogens is 1. The second kappa shape index (κ2) is 6.03. The van der Waals surface area contributed by atoms with Gasteiger partial charge in [-0.2, -0.15) is 0 Å². The molecule has 1 aliphatic carbocycles. The molecule has 1 aromatic carbocycles.